The molecule has 22 heavy (non-hydrogen) atoms. The van der Waals surface area contributed by atoms with Gasteiger partial charge in [0, 0.05) is 11.3 Å². The van der Waals surface area contributed by atoms with Gasteiger partial charge in [-0.15, -0.1) is 0 Å². The lowest BCUT2D eigenvalue weighted by molar-refractivity contribution is 0.0590. The molecule has 2 aromatic heterocycles. The summed E-state index contributed by atoms with van der Waals surface area (Å²) < 4.78 is 6.41. The van der Waals surface area contributed by atoms with Crippen LogP contribution in [0.2, 0.25) is 0 Å². The lowest BCUT2D eigenvalue weighted by Crippen LogP contribution is -2.10. The number of methoxy groups -OCH3 is 1. The average molecular weight is 295 g/mol. The first-order valence-corrected chi connectivity index (χ1v) is 7.03. The predicted octanol–water partition coefficient (Wildman–Crippen LogP) is 3.11. The first kappa shape index (κ1) is 14.3. The summed E-state index contributed by atoms with van der Waals surface area (Å²) in [6, 6.07) is 9.85. The molecular formula is C17H17N3O2. The molecule has 0 amide bonds. The number of carbonyl (C=O) groups is 1. The smallest absolute Gasteiger partial charge is 0.356 e. The molecule has 0 saturated carbocycles. The predicted molar refractivity (Wildman–Crippen MR) is 84.0 cm³/mol. The monoisotopic (exact) mass is 295 g/mol. The SMILES string of the molecule is COC(=O)c1cc(C)nc2c(-c3cccc(C)c3)c(C)nn12. The molecule has 0 aliphatic carbocycles. The number of carbonyl (C=O) groups excluding carboxylic acids is 1. The van der Waals surface area contributed by atoms with E-state index in [-0.39, 0.29) is 0 Å². The van der Waals surface area contributed by atoms with Gasteiger partial charge in [0.05, 0.1) is 12.8 Å². The number of aryl methyl sites for hydroxylation is 3. The molecule has 0 unspecified atom stereocenters. The Morgan fingerprint density at radius 1 is 1.18 bits per heavy atom. The zero-order valence-electron chi connectivity index (χ0n) is 13.0. The zero-order chi connectivity index (χ0) is 15.9. The molecule has 2 heterocycles. The van der Waals surface area contributed by atoms with Crippen molar-refractivity contribution in [1.29, 1.82) is 0 Å². The van der Waals surface area contributed by atoms with Crippen molar-refractivity contribution in [3.05, 3.63) is 53.0 Å². The highest BCUT2D eigenvalue weighted by atomic mass is 16.5. The Balaban J connectivity index is 2.35. The normalized spacial score (nSPS) is 10.9. The van der Waals surface area contributed by atoms with Crippen LogP contribution in [0.3, 0.4) is 0 Å². The highest BCUT2D eigenvalue weighted by Gasteiger charge is 2.19. The van der Waals surface area contributed by atoms with E-state index in [1.165, 1.54) is 7.11 Å². The van der Waals surface area contributed by atoms with E-state index >= 15 is 0 Å². The van der Waals surface area contributed by atoms with Crippen molar-refractivity contribution in [2.24, 2.45) is 0 Å². The zero-order valence-corrected chi connectivity index (χ0v) is 13.0. The minimum atomic E-state index is -0.422. The third-order valence-electron chi connectivity index (χ3n) is 3.59. The quantitative estimate of drug-likeness (QED) is 0.682. The van der Waals surface area contributed by atoms with Crippen LogP contribution in [0.15, 0.2) is 30.3 Å². The fourth-order valence-electron chi connectivity index (χ4n) is 2.63. The van der Waals surface area contributed by atoms with Crippen molar-refractivity contribution in [2.75, 3.05) is 7.11 Å². The van der Waals surface area contributed by atoms with E-state index in [4.69, 9.17) is 4.74 Å². The second-order valence-electron chi connectivity index (χ2n) is 5.34. The van der Waals surface area contributed by atoms with Crippen LogP contribution in [0.25, 0.3) is 16.8 Å². The number of hydrogen-bond acceptors (Lipinski definition) is 4. The van der Waals surface area contributed by atoms with Gasteiger partial charge in [-0.1, -0.05) is 29.8 Å². The van der Waals surface area contributed by atoms with Crippen LogP contribution >= 0.6 is 0 Å². The Kier molecular flexibility index (Phi) is 3.41. The van der Waals surface area contributed by atoms with Crippen LogP contribution in [0, 0.1) is 20.8 Å². The standard InChI is InChI=1S/C17H17N3O2/c1-10-6-5-7-13(8-10)15-12(3)19-20-14(17(21)22-4)9-11(2)18-16(15)20/h5-9H,1-4H3. The Morgan fingerprint density at radius 2 is 1.95 bits per heavy atom. The van der Waals surface area contributed by atoms with Crippen LogP contribution in [-0.4, -0.2) is 27.7 Å². The summed E-state index contributed by atoms with van der Waals surface area (Å²) in [6.07, 6.45) is 0. The van der Waals surface area contributed by atoms with E-state index in [1.807, 2.05) is 39.0 Å². The number of esters is 1. The maximum Gasteiger partial charge on any atom is 0.356 e. The first-order valence-electron chi connectivity index (χ1n) is 7.03. The van der Waals surface area contributed by atoms with Crippen molar-refractivity contribution in [3.8, 4) is 11.1 Å². The van der Waals surface area contributed by atoms with E-state index < -0.39 is 5.97 Å². The summed E-state index contributed by atoms with van der Waals surface area (Å²) in [5.41, 5.74) is 5.78. The Morgan fingerprint density at radius 3 is 2.64 bits per heavy atom. The molecule has 0 spiro atoms. The summed E-state index contributed by atoms with van der Waals surface area (Å²) in [5, 5.41) is 4.48. The fraction of sp³-hybridized carbons (Fsp3) is 0.235. The molecule has 1 aromatic carbocycles. The molecule has 0 aliphatic rings. The minimum Gasteiger partial charge on any atom is -0.464 e. The second kappa shape index (κ2) is 5.26. The third kappa shape index (κ3) is 2.24. The summed E-state index contributed by atoms with van der Waals surface area (Å²) in [6.45, 7) is 5.82. The van der Waals surface area contributed by atoms with Gasteiger partial charge in [0.15, 0.2) is 11.3 Å². The van der Waals surface area contributed by atoms with Gasteiger partial charge in [0.2, 0.25) is 0 Å². The van der Waals surface area contributed by atoms with Crippen LogP contribution in [0.4, 0.5) is 0 Å². The Bertz CT molecular complexity index is 881. The molecule has 0 fully saturated rings. The second-order valence-corrected chi connectivity index (χ2v) is 5.34. The van der Waals surface area contributed by atoms with E-state index in [1.54, 1.807) is 10.6 Å². The molecule has 0 N–H and O–H groups in total. The largest absolute Gasteiger partial charge is 0.464 e. The summed E-state index contributed by atoms with van der Waals surface area (Å²) in [7, 11) is 1.36. The van der Waals surface area contributed by atoms with E-state index in [9.17, 15) is 4.79 Å². The van der Waals surface area contributed by atoms with E-state index in [0.29, 0.717) is 11.3 Å². The van der Waals surface area contributed by atoms with Gasteiger partial charge < -0.3 is 4.74 Å². The molecule has 0 radical (unpaired) electrons. The summed E-state index contributed by atoms with van der Waals surface area (Å²) in [5.74, 6) is -0.422. The minimum absolute atomic E-state index is 0.381. The molecule has 5 nitrogen and oxygen atoms in total. The number of ether oxygens (including phenoxy) is 1. The molecule has 3 aromatic rings. The van der Waals surface area contributed by atoms with Crippen LogP contribution in [0.1, 0.15) is 27.4 Å². The number of fused-ring (bicyclic) bond motifs is 1. The molecule has 0 aliphatic heterocycles. The number of benzene rings is 1. The number of rotatable bonds is 2. The van der Waals surface area contributed by atoms with Crippen LogP contribution < -0.4 is 0 Å². The lowest BCUT2D eigenvalue weighted by Gasteiger charge is -2.05. The molecule has 3 rings (SSSR count). The van der Waals surface area contributed by atoms with Gasteiger partial charge in [0.25, 0.3) is 0 Å². The van der Waals surface area contributed by atoms with Crippen molar-refractivity contribution >= 4 is 11.6 Å². The highest BCUT2D eigenvalue weighted by molar-refractivity contribution is 5.90. The number of hydrogen-bond donors (Lipinski definition) is 0. The van der Waals surface area contributed by atoms with Gasteiger partial charge in [-0.2, -0.15) is 5.10 Å². The third-order valence-corrected chi connectivity index (χ3v) is 3.59. The van der Waals surface area contributed by atoms with Gasteiger partial charge in [0.1, 0.15) is 0 Å². The van der Waals surface area contributed by atoms with Crippen molar-refractivity contribution in [1.82, 2.24) is 14.6 Å². The van der Waals surface area contributed by atoms with Crippen molar-refractivity contribution in [3.63, 3.8) is 0 Å². The van der Waals surface area contributed by atoms with E-state index in [0.717, 1.165) is 28.1 Å². The summed E-state index contributed by atoms with van der Waals surface area (Å²) >= 11 is 0. The molecule has 0 atom stereocenters. The van der Waals surface area contributed by atoms with Crippen molar-refractivity contribution in [2.45, 2.75) is 20.8 Å². The average Bonchev–Trinajstić information content (AvgIpc) is 2.81. The first-order chi connectivity index (χ1) is 10.5. The molecule has 112 valence electrons. The number of nitrogens with zero attached hydrogens (tertiary/aromatic N) is 3. The van der Waals surface area contributed by atoms with Gasteiger partial charge >= 0.3 is 5.97 Å². The molecule has 0 bridgehead atoms. The molecule has 0 saturated heterocycles. The molecular weight excluding hydrogens is 278 g/mol. The van der Waals surface area contributed by atoms with Gasteiger partial charge in [-0.05, 0) is 32.4 Å². The van der Waals surface area contributed by atoms with Crippen LogP contribution in [0.5, 0.6) is 0 Å². The Labute approximate surface area is 128 Å². The van der Waals surface area contributed by atoms with E-state index in [2.05, 4.69) is 16.1 Å². The summed E-state index contributed by atoms with van der Waals surface area (Å²) in [4.78, 5) is 16.6. The maximum atomic E-state index is 12.0. The Hall–Kier alpha value is -2.69. The van der Waals surface area contributed by atoms with Gasteiger partial charge in [-0.3, -0.25) is 0 Å². The topological polar surface area (TPSA) is 56.5 Å². The maximum absolute atomic E-state index is 12.0. The fourth-order valence-corrected chi connectivity index (χ4v) is 2.63. The van der Waals surface area contributed by atoms with Crippen molar-refractivity contribution < 1.29 is 9.53 Å². The van der Waals surface area contributed by atoms with Gasteiger partial charge in [-0.25, -0.2) is 14.3 Å². The number of aromatic nitrogens is 3. The van der Waals surface area contributed by atoms with Crippen LogP contribution in [-0.2, 0) is 4.74 Å². The highest BCUT2D eigenvalue weighted by Crippen LogP contribution is 2.28. The lowest BCUT2D eigenvalue weighted by atomic mass is 10.0. The molecule has 5 heteroatoms.